The van der Waals surface area contributed by atoms with Gasteiger partial charge in [0.1, 0.15) is 30.6 Å². The number of nitrogen functional groups attached to an aromatic ring is 1. The van der Waals surface area contributed by atoms with Gasteiger partial charge in [-0.3, -0.25) is 0 Å². The van der Waals surface area contributed by atoms with Crippen LogP contribution in [0.25, 0.3) is 5.57 Å². The summed E-state index contributed by atoms with van der Waals surface area (Å²) in [6.45, 7) is 1.91. The van der Waals surface area contributed by atoms with Gasteiger partial charge < -0.3 is 25.1 Å². The number of nitrogens with two attached hydrogens (primary N) is 1. The van der Waals surface area contributed by atoms with Crippen LogP contribution >= 0.6 is 0 Å². The molecule has 1 aliphatic carbocycles. The predicted octanol–water partition coefficient (Wildman–Crippen LogP) is 0.789. The first-order valence-corrected chi connectivity index (χ1v) is 6.12. The smallest absolute Gasteiger partial charge is 0.180 e. The van der Waals surface area contributed by atoms with Crippen molar-refractivity contribution in [1.82, 2.24) is 14.9 Å². The van der Waals surface area contributed by atoms with Gasteiger partial charge in [0.2, 0.25) is 0 Å². The van der Waals surface area contributed by atoms with Gasteiger partial charge in [0.15, 0.2) is 5.76 Å². The minimum absolute atomic E-state index is 0.557. The van der Waals surface area contributed by atoms with Crippen molar-refractivity contribution in [3.05, 3.63) is 29.2 Å². The Balaban J connectivity index is 1.86. The molecule has 0 saturated heterocycles. The first-order chi connectivity index (χ1) is 8.83. The largest absolute Gasteiger partial charge is 0.490 e. The zero-order valence-electron chi connectivity index (χ0n) is 9.90. The summed E-state index contributed by atoms with van der Waals surface area (Å²) in [5, 5.41) is 3.37. The van der Waals surface area contributed by atoms with Gasteiger partial charge in [-0.15, -0.1) is 0 Å². The molecule has 94 valence electrons. The summed E-state index contributed by atoms with van der Waals surface area (Å²) in [7, 11) is 0. The second kappa shape index (κ2) is 3.44. The maximum atomic E-state index is 5.76. The summed E-state index contributed by atoms with van der Waals surface area (Å²) >= 11 is 0. The molecule has 0 atom stereocenters. The average molecular weight is 246 g/mol. The van der Waals surface area contributed by atoms with Crippen molar-refractivity contribution in [2.75, 3.05) is 18.9 Å². The van der Waals surface area contributed by atoms with Gasteiger partial charge in [0.05, 0.1) is 12.4 Å². The van der Waals surface area contributed by atoms with Crippen molar-refractivity contribution in [2.45, 2.75) is 19.5 Å². The van der Waals surface area contributed by atoms with Crippen molar-refractivity contribution in [3.63, 3.8) is 0 Å². The first-order valence-electron chi connectivity index (χ1n) is 6.12. The molecule has 1 aromatic rings. The molecular formula is C12H14N4O2. The van der Waals surface area contributed by atoms with Gasteiger partial charge >= 0.3 is 0 Å². The minimum Gasteiger partial charge on any atom is -0.490 e. The molecule has 18 heavy (non-hydrogen) atoms. The Bertz CT molecular complexity index is 585. The van der Waals surface area contributed by atoms with Gasteiger partial charge in [-0.05, 0) is 6.42 Å². The highest BCUT2D eigenvalue weighted by Crippen LogP contribution is 2.38. The fourth-order valence-electron chi connectivity index (χ4n) is 2.72. The molecule has 2 aliphatic heterocycles. The molecule has 0 unspecified atom stereocenters. The summed E-state index contributed by atoms with van der Waals surface area (Å²) in [4.78, 5) is 4.40. The Morgan fingerprint density at radius 1 is 1.28 bits per heavy atom. The van der Waals surface area contributed by atoms with Crippen LogP contribution in [0.1, 0.15) is 18.7 Å². The van der Waals surface area contributed by atoms with Crippen molar-refractivity contribution in [3.8, 4) is 0 Å². The topological polar surface area (TPSA) is 74.3 Å². The summed E-state index contributed by atoms with van der Waals surface area (Å²) in [6.07, 6.45) is 3.62. The standard InChI is InChI=1S/C12H14N4O2/c13-9-5-16-6-14-10-7(12(16)15-9)1-2-8-11(10)18-4-3-17-8/h5,14H,1-4,6,13H2. The van der Waals surface area contributed by atoms with Crippen LogP contribution in [0.15, 0.2) is 23.4 Å². The molecule has 1 aromatic heterocycles. The van der Waals surface area contributed by atoms with Crippen LogP contribution in [-0.2, 0) is 16.1 Å². The zero-order valence-corrected chi connectivity index (χ0v) is 9.90. The highest BCUT2D eigenvalue weighted by Gasteiger charge is 2.31. The molecule has 0 bridgehead atoms. The second-order valence-electron chi connectivity index (χ2n) is 4.60. The van der Waals surface area contributed by atoms with Crippen molar-refractivity contribution in [1.29, 1.82) is 0 Å². The third kappa shape index (κ3) is 1.25. The number of hydrogen-bond acceptors (Lipinski definition) is 5. The third-order valence-electron chi connectivity index (χ3n) is 3.48. The van der Waals surface area contributed by atoms with E-state index in [1.165, 1.54) is 5.57 Å². The van der Waals surface area contributed by atoms with E-state index >= 15 is 0 Å². The molecule has 4 rings (SSSR count). The molecule has 0 radical (unpaired) electrons. The van der Waals surface area contributed by atoms with Gasteiger partial charge in [0, 0.05) is 18.2 Å². The SMILES string of the molecule is Nc1cn2c(n1)C1=C(NC2)C2=C(CC1)OCCO2. The number of rotatable bonds is 0. The van der Waals surface area contributed by atoms with Crippen LogP contribution in [0.4, 0.5) is 5.82 Å². The van der Waals surface area contributed by atoms with Crippen molar-refractivity contribution >= 4 is 11.4 Å². The van der Waals surface area contributed by atoms with Crippen LogP contribution in [0, 0.1) is 0 Å². The number of imidazole rings is 1. The normalized spacial score (nSPS) is 21.3. The number of aromatic nitrogens is 2. The van der Waals surface area contributed by atoms with Crippen LogP contribution < -0.4 is 11.1 Å². The van der Waals surface area contributed by atoms with Crippen LogP contribution in [0.3, 0.4) is 0 Å². The van der Waals surface area contributed by atoms with E-state index in [9.17, 15) is 0 Å². The first kappa shape index (κ1) is 9.87. The number of allylic oxidation sites excluding steroid dienone is 2. The van der Waals surface area contributed by atoms with E-state index in [1.54, 1.807) is 0 Å². The zero-order chi connectivity index (χ0) is 12.1. The monoisotopic (exact) mass is 246 g/mol. The molecule has 3 aliphatic rings. The highest BCUT2D eigenvalue weighted by atomic mass is 16.6. The predicted molar refractivity (Wildman–Crippen MR) is 64.9 cm³/mol. The maximum Gasteiger partial charge on any atom is 0.180 e. The van der Waals surface area contributed by atoms with Crippen LogP contribution in [-0.4, -0.2) is 22.8 Å². The molecular weight excluding hydrogens is 232 g/mol. The van der Waals surface area contributed by atoms with E-state index in [0.717, 1.165) is 35.9 Å². The molecule has 0 amide bonds. The molecule has 0 saturated carbocycles. The molecule has 0 spiro atoms. The number of ether oxygens (including phenoxy) is 2. The third-order valence-corrected chi connectivity index (χ3v) is 3.48. The van der Waals surface area contributed by atoms with E-state index in [0.29, 0.717) is 25.7 Å². The van der Waals surface area contributed by atoms with Gasteiger partial charge in [-0.25, -0.2) is 4.98 Å². The molecule has 0 fully saturated rings. The van der Waals surface area contributed by atoms with E-state index in [-0.39, 0.29) is 0 Å². The fraction of sp³-hybridized carbons (Fsp3) is 0.417. The number of nitrogens with one attached hydrogen (secondary N) is 1. The van der Waals surface area contributed by atoms with Gasteiger partial charge in [-0.2, -0.15) is 0 Å². The summed E-state index contributed by atoms with van der Waals surface area (Å²) < 4.78 is 13.4. The van der Waals surface area contributed by atoms with Gasteiger partial charge in [0.25, 0.3) is 0 Å². The lowest BCUT2D eigenvalue weighted by Crippen LogP contribution is -2.31. The van der Waals surface area contributed by atoms with E-state index in [2.05, 4.69) is 10.3 Å². The molecule has 3 N–H and O–H groups in total. The molecule has 6 heteroatoms. The average Bonchev–Trinajstić information content (AvgIpc) is 2.79. The number of fused-ring (bicyclic) bond motifs is 3. The Labute approximate surface area is 104 Å². The Morgan fingerprint density at radius 3 is 3.11 bits per heavy atom. The van der Waals surface area contributed by atoms with Crippen molar-refractivity contribution in [2.24, 2.45) is 0 Å². The maximum absolute atomic E-state index is 5.76. The van der Waals surface area contributed by atoms with Crippen molar-refractivity contribution < 1.29 is 9.47 Å². The Hall–Kier alpha value is -2.11. The van der Waals surface area contributed by atoms with Gasteiger partial charge in [-0.1, -0.05) is 0 Å². The Kier molecular flexibility index (Phi) is 1.89. The molecule has 6 nitrogen and oxygen atoms in total. The lowest BCUT2D eigenvalue weighted by molar-refractivity contribution is 0.0588. The summed E-state index contributed by atoms with van der Waals surface area (Å²) in [5.74, 6) is 3.32. The quantitative estimate of drug-likeness (QED) is 0.708. The minimum atomic E-state index is 0.557. The summed E-state index contributed by atoms with van der Waals surface area (Å²) in [5.41, 5.74) is 7.95. The van der Waals surface area contributed by atoms with Crippen LogP contribution in [0.5, 0.6) is 0 Å². The number of hydrogen-bond donors (Lipinski definition) is 2. The van der Waals surface area contributed by atoms with E-state index < -0.39 is 0 Å². The number of nitrogens with zero attached hydrogens (tertiary/aromatic N) is 2. The highest BCUT2D eigenvalue weighted by molar-refractivity contribution is 5.71. The molecule has 3 heterocycles. The fourth-order valence-corrected chi connectivity index (χ4v) is 2.72. The lowest BCUT2D eigenvalue weighted by atomic mass is 9.97. The molecule has 0 aromatic carbocycles. The van der Waals surface area contributed by atoms with E-state index in [4.69, 9.17) is 15.2 Å². The van der Waals surface area contributed by atoms with E-state index in [1.807, 2.05) is 10.8 Å². The second-order valence-corrected chi connectivity index (χ2v) is 4.60. The van der Waals surface area contributed by atoms with Crippen LogP contribution in [0.2, 0.25) is 0 Å². The number of anilines is 1. The lowest BCUT2D eigenvalue weighted by Gasteiger charge is -2.32. The Morgan fingerprint density at radius 2 is 2.17 bits per heavy atom. The summed E-state index contributed by atoms with van der Waals surface area (Å²) in [6, 6.07) is 0.